The number of ether oxygens (including phenoxy) is 1. The summed E-state index contributed by atoms with van der Waals surface area (Å²) in [6.45, 7) is 5.92. The van der Waals surface area contributed by atoms with Gasteiger partial charge in [0, 0.05) is 151 Å². The Labute approximate surface area is 568 Å². The monoisotopic (exact) mass is 1340 g/mol. The number of likely N-dealkylation sites (N-methyl/N-ethyl adjacent to an activating group) is 1. The molecular weight excluding hydrogens is 1260 g/mol. The van der Waals surface area contributed by atoms with Crippen LogP contribution in [0, 0.1) is 23.6 Å². The van der Waals surface area contributed by atoms with Crippen LogP contribution < -0.4 is 21.3 Å². The maximum Gasteiger partial charge on any atom is 0.325 e. The lowest BCUT2D eigenvalue weighted by atomic mass is 9.87. The molecule has 6 aromatic rings. The molecule has 12 rings (SSSR count). The quantitative estimate of drug-likeness (QED) is 0.0819. The summed E-state index contributed by atoms with van der Waals surface area (Å²) in [6.07, 6.45) is 12.9. The molecule has 0 saturated carbocycles. The van der Waals surface area contributed by atoms with Gasteiger partial charge in [-0.1, -0.05) is 24.3 Å². The van der Waals surface area contributed by atoms with Crippen LogP contribution in [-0.2, 0) is 56.7 Å². The lowest BCUT2D eigenvalue weighted by molar-refractivity contribution is -0.146. The molecule has 6 saturated heterocycles. The highest BCUT2D eigenvalue weighted by molar-refractivity contribution is 6.00. The van der Waals surface area contributed by atoms with E-state index >= 15 is 4.39 Å². The first kappa shape index (κ1) is 68.4. The molecule has 8 amide bonds. The van der Waals surface area contributed by atoms with E-state index in [1.54, 1.807) is 50.7 Å². The Kier molecular flexibility index (Phi) is 21.3. The van der Waals surface area contributed by atoms with Crippen LogP contribution >= 0.6 is 0 Å². The number of likely N-dealkylation sites (tertiary alicyclic amines) is 5. The lowest BCUT2D eigenvalue weighted by Gasteiger charge is -2.40. The fraction of sp³-hybridized carbons (Fsp3) is 0.535. The van der Waals surface area contributed by atoms with Crippen LogP contribution in [0.3, 0.4) is 0 Å². The number of aromatic nitrogens is 6. The van der Waals surface area contributed by atoms with Crippen molar-refractivity contribution in [1.82, 2.24) is 64.2 Å². The number of rotatable bonds is 19. The number of nitrogens with two attached hydrogens (primary N) is 1. The van der Waals surface area contributed by atoms with E-state index in [4.69, 9.17) is 15.8 Å². The molecule has 3 aromatic heterocycles. The standard InChI is InChI=1S/C71H89FN16O10/c1-80(43-59(89)74-42-63(93)98-3)62(92)44-88-56-9-7-8-53(54-39-57-51(38-55(54)72)40-76-81(57)2)64(56)65(79-88)47-18-28-83(29-19-47)60(90)14-15-61(91)84-30-20-48(21-31-84)69(95)86-34-24-50(25-35-86)71(97)87-36-22-49(23-37-87)70(96)85-32-16-46(17-33-85)45-10-12-52(13-11-45)77-68-66(67(73)94)75-41-58(78-68)82-26-5-4-6-27-82/h7-13,38-41,46-50H,4-6,14-37,42-44H2,1-3H3,(H2,73,94)(H,74,89)(H,77,78). The van der Waals surface area contributed by atoms with Crippen molar-refractivity contribution in [2.75, 3.05) is 116 Å². The second kappa shape index (κ2) is 30.5. The number of hydrogen-bond donors (Lipinski definition) is 3. The number of primary amides is 1. The van der Waals surface area contributed by atoms with Gasteiger partial charge >= 0.3 is 5.97 Å². The van der Waals surface area contributed by atoms with Gasteiger partial charge < -0.3 is 55.4 Å². The highest BCUT2D eigenvalue weighted by Gasteiger charge is 2.39. The Bertz CT molecular complexity index is 3960. The fourth-order valence-electron chi connectivity index (χ4n) is 15.2. The highest BCUT2D eigenvalue weighted by atomic mass is 19.1. The molecule has 0 atom stereocenters. The third-order valence-corrected chi connectivity index (χ3v) is 21.1. The predicted molar refractivity (Wildman–Crippen MR) is 363 cm³/mol. The summed E-state index contributed by atoms with van der Waals surface area (Å²) in [6, 6.07) is 16.8. The predicted octanol–water partition coefficient (Wildman–Crippen LogP) is 5.71. The molecule has 26 nitrogen and oxygen atoms in total. The van der Waals surface area contributed by atoms with Crippen LogP contribution in [0.2, 0.25) is 0 Å². The highest BCUT2D eigenvalue weighted by Crippen LogP contribution is 2.41. The smallest absolute Gasteiger partial charge is 0.325 e. The minimum Gasteiger partial charge on any atom is -0.468 e. The van der Waals surface area contributed by atoms with E-state index in [2.05, 4.69) is 42.5 Å². The van der Waals surface area contributed by atoms with E-state index in [1.165, 1.54) is 37.1 Å². The summed E-state index contributed by atoms with van der Waals surface area (Å²) >= 11 is 0. The van der Waals surface area contributed by atoms with Crippen molar-refractivity contribution in [2.24, 2.45) is 30.5 Å². The average Bonchev–Trinajstić information content (AvgIpc) is 1.57. The zero-order valence-electron chi connectivity index (χ0n) is 56.3. The Hall–Kier alpha value is -9.56. The van der Waals surface area contributed by atoms with Gasteiger partial charge in [0.05, 0.1) is 42.8 Å². The number of anilines is 3. The first-order valence-corrected chi connectivity index (χ1v) is 34.8. The number of aryl methyl sites for hydroxylation is 1. The van der Waals surface area contributed by atoms with E-state index in [9.17, 15) is 43.2 Å². The summed E-state index contributed by atoms with van der Waals surface area (Å²) < 4.78 is 24.0. The topological polar surface area (TPSA) is 297 Å². The van der Waals surface area contributed by atoms with Crippen LogP contribution in [-0.4, -0.2) is 218 Å². The maximum absolute atomic E-state index is 16.1. The summed E-state index contributed by atoms with van der Waals surface area (Å²) in [5.74, 6) is -2.00. The molecule has 0 bridgehead atoms. The normalized spacial score (nSPS) is 18.1. The maximum atomic E-state index is 16.1. The number of halogens is 1. The Morgan fingerprint density at radius 1 is 0.643 bits per heavy atom. The van der Waals surface area contributed by atoms with Crippen LogP contribution in [0.5, 0.6) is 0 Å². The number of esters is 1. The first-order valence-electron chi connectivity index (χ1n) is 34.8. The molecule has 0 spiro atoms. The summed E-state index contributed by atoms with van der Waals surface area (Å²) in [4.78, 5) is 141. The zero-order valence-corrected chi connectivity index (χ0v) is 56.3. The van der Waals surface area contributed by atoms with Gasteiger partial charge in [0.1, 0.15) is 24.7 Å². The minimum absolute atomic E-state index is 0.0356. The molecule has 0 aliphatic carbocycles. The summed E-state index contributed by atoms with van der Waals surface area (Å²) in [5.41, 5.74) is 10.6. The third-order valence-electron chi connectivity index (χ3n) is 21.1. The fourth-order valence-corrected chi connectivity index (χ4v) is 15.2. The third kappa shape index (κ3) is 15.4. The SMILES string of the molecule is COC(=O)CNC(=O)CN(C)C(=O)Cn1nc(C2CCN(C(=O)CCC(=O)N3CCC(C(=O)N4CCC(C(=O)N5CCC(C(=O)N6CCC(c7ccc(Nc8nc(N9CCCCC9)cnc8C(N)=O)cc7)CC6)CC5)CC4)CC3)CC2)c2c(-c3cc4c(cnn4C)cc3F)cccc21. The van der Waals surface area contributed by atoms with E-state index in [1.807, 2.05) is 39.0 Å². The van der Waals surface area contributed by atoms with Crippen LogP contribution in [0.25, 0.3) is 32.9 Å². The molecule has 3 aromatic carbocycles. The number of nitrogens with zero attached hydrogens (tertiary/aromatic N) is 13. The number of carbonyl (C=O) groups is 9. The number of hydrogen-bond acceptors (Lipinski definition) is 16. The second-order valence-corrected chi connectivity index (χ2v) is 27.2. The number of fused-ring (bicyclic) bond motifs is 2. The largest absolute Gasteiger partial charge is 0.468 e. The van der Waals surface area contributed by atoms with Crippen molar-refractivity contribution in [3.05, 3.63) is 89.8 Å². The van der Waals surface area contributed by atoms with E-state index in [-0.39, 0.29) is 91.4 Å². The molecule has 6 fully saturated rings. The molecular formula is C71H89FN16O10. The van der Waals surface area contributed by atoms with Gasteiger partial charge in [-0.05, 0) is 131 Å². The number of benzene rings is 3. The zero-order chi connectivity index (χ0) is 68.7. The van der Waals surface area contributed by atoms with Gasteiger partial charge in [-0.25, -0.2) is 14.4 Å². The minimum atomic E-state index is -0.647. The van der Waals surface area contributed by atoms with Crippen molar-refractivity contribution in [2.45, 2.75) is 115 Å². The number of methoxy groups -OCH3 is 1. The van der Waals surface area contributed by atoms with Crippen LogP contribution in [0.15, 0.2) is 67.0 Å². The van der Waals surface area contributed by atoms with Gasteiger partial charge in [-0.15, -0.1) is 0 Å². The van der Waals surface area contributed by atoms with Gasteiger partial charge in [0.25, 0.3) is 5.91 Å². The van der Waals surface area contributed by atoms with Crippen LogP contribution in [0.4, 0.5) is 21.7 Å². The Morgan fingerprint density at radius 3 is 1.77 bits per heavy atom. The molecule has 4 N–H and O–H groups in total. The molecule has 9 heterocycles. The number of piperidine rings is 6. The molecule has 0 radical (unpaired) electrons. The van der Waals surface area contributed by atoms with Crippen molar-refractivity contribution in [3.8, 4) is 11.1 Å². The summed E-state index contributed by atoms with van der Waals surface area (Å²) in [5, 5.41) is 16.3. The van der Waals surface area contributed by atoms with Crippen molar-refractivity contribution in [3.63, 3.8) is 0 Å². The van der Waals surface area contributed by atoms with E-state index in [0.717, 1.165) is 55.8 Å². The number of amides is 8. The molecule has 6 aliphatic heterocycles. The van der Waals surface area contributed by atoms with Gasteiger partial charge in [0.2, 0.25) is 41.4 Å². The number of carbonyl (C=O) groups excluding carboxylic acids is 9. The molecule has 6 aliphatic rings. The van der Waals surface area contributed by atoms with Crippen molar-refractivity contribution in [1.29, 1.82) is 0 Å². The lowest BCUT2D eigenvalue weighted by Crippen LogP contribution is -2.50. The molecule has 98 heavy (non-hydrogen) atoms. The van der Waals surface area contributed by atoms with Crippen molar-refractivity contribution < 1.29 is 52.3 Å². The van der Waals surface area contributed by atoms with Gasteiger partial charge in [-0.2, -0.15) is 10.2 Å². The number of nitrogens with one attached hydrogen (secondary N) is 2. The molecule has 0 unspecified atom stereocenters. The molecule has 27 heteroatoms. The van der Waals surface area contributed by atoms with Gasteiger partial charge in [-0.3, -0.25) is 52.5 Å². The molecule has 520 valence electrons. The Balaban J connectivity index is 0.559. The second-order valence-electron chi connectivity index (χ2n) is 27.2. The van der Waals surface area contributed by atoms with E-state index < -0.39 is 29.5 Å². The first-order chi connectivity index (χ1) is 47.4. The van der Waals surface area contributed by atoms with Crippen molar-refractivity contribution >= 4 is 92.4 Å². The van der Waals surface area contributed by atoms with Crippen LogP contribution in [0.1, 0.15) is 130 Å². The van der Waals surface area contributed by atoms with E-state index in [0.29, 0.717) is 162 Å². The average molecular weight is 1350 g/mol. The summed E-state index contributed by atoms with van der Waals surface area (Å²) in [7, 11) is 4.47. The van der Waals surface area contributed by atoms with Gasteiger partial charge in [0.15, 0.2) is 11.5 Å². The Morgan fingerprint density at radius 2 is 1.19 bits per heavy atom.